The third-order valence-corrected chi connectivity index (χ3v) is 3.54. The Labute approximate surface area is 132 Å². The molecule has 0 spiro atoms. The third-order valence-electron chi connectivity index (χ3n) is 3.54. The highest BCUT2D eigenvalue weighted by Gasteiger charge is 2.31. The van der Waals surface area contributed by atoms with E-state index in [1.807, 2.05) is 0 Å². The van der Waals surface area contributed by atoms with E-state index in [1.54, 1.807) is 24.9 Å². The molecule has 0 aliphatic carbocycles. The Morgan fingerprint density at radius 3 is 2.48 bits per heavy atom. The summed E-state index contributed by atoms with van der Waals surface area (Å²) in [7, 11) is 1.67. The second-order valence-electron chi connectivity index (χ2n) is 5.41. The van der Waals surface area contributed by atoms with Crippen molar-refractivity contribution in [3.63, 3.8) is 0 Å². The molecule has 2 aromatic heterocycles. The van der Waals surface area contributed by atoms with Gasteiger partial charge in [0, 0.05) is 25.4 Å². The van der Waals surface area contributed by atoms with Gasteiger partial charge in [-0.25, -0.2) is 4.98 Å². The van der Waals surface area contributed by atoms with Crippen LogP contribution in [0.5, 0.6) is 0 Å². The molecule has 0 fully saturated rings. The maximum Gasteiger partial charge on any atom is 0.254 e. The number of hydrogen-bond donors (Lipinski definition) is 5. The van der Waals surface area contributed by atoms with Crippen LogP contribution in [0.3, 0.4) is 0 Å². The van der Waals surface area contributed by atoms with Crippen molar-refractivity contribution in [2.75, 3.05) is 25.1 Å². The van der Waals surface area contributed by atoms with Gasteiger partial charge in [0.15, 0.2) is 0 Å². The van der Waals surface area contributed by atoms with Crippen molar-refractivity contribution < 1.29 is 25.5 Å². The van der Waals surface area contributed by atoms with Crippen LogP contribution in [0.1, 0.15) is 5.69 Å². The van der Waals surface area contributed by atoms with Crippen LogP contribution in [-0.2, 0) is 0 Å². The Morgan fingerprint density at radius 1 is 1.17 bits per heavy atom. The van der Waals surface area contributed by atoms with E-state index in [0.29, 0.717) is 17.3 Å². The SMILES string of the molecule is Cc1cc(N(C)C[C@H](O)[C@H](O)[C@@H](O)[C@H](O)CO)n2ncnc2n1. The quantitative estimate of drug-likeness (QED) is 0.366. The van der Waals surface area contributed by atoms with Crippen molar-refractivity contribution in [1.82, 2.24) is 19.6 Å². The van der Waals surface area contributed by atoms with Gasteiger partial charge in [-0.05, 0) is 6.92 Å². The summed E-state index contributed by atoms with van der Waals surface area (Å²) in [5.41, 5.74) is 0.707. The Balaban J connectivity index is 2.14. The largest absolute Gasteiger partial charge is 0.394 e. The molecule has 2 aromatic rings. The maximum atomic E-state index is 10.1. The van der Waals surface area contributed by atoms with Gasteiger partial charge in [0.05, 0.1) is 12.7 Å². The fourth-order valence-electron chi connectivity index (χ4n) is 2.23. The summed E-state index contributed by atoms with van der Waals surface area (Å²) in [6, 6.07) is 1.74. The Kier molecular flexibility index (Phi) is 5.44. The molecular formula is C13H21N5O5. The lowest BCUT2D eigenvalue weighted by Crippen LogP contribution is -2.49. The number of rotatable bonds is 7. The summed E-state index contributed by atoms with van der Waals surface area (Å²) in [4.78, 5) is 9.82. The lowest BCUT2D eigenvalue weighted by Gasteiger charge is -2.29. The van der Waals surface area contributed by atoms with E-state index < -0.39 is 31.0 Å². The van der Waals surface area contributed by atoms with Gasteiger partial charge < -0.3 is 30.4 Å². The van der Waals surface area contributed by atoms with Crippen LogP contribution in [0.4, 0.5) is 5.82 Å². The number of aliphatic hydroxyl groups is 5. The topological polar surface area (TPSA) is 147 Å². The molecule has 0 aliphatic rings. The van der Waals surface area contributed by atoms with E-state index in [-0.39, 0.29) is 6.54 Å². The van der Waals surface area contributed by atoms with Crippen molar-refractivity contribution in [2.45, 2.75) is 31.3 Å². The highest BCUT2D eigenvalue weighted by Crippen LogP contribution is 2.16. The molecule has 5 N–H and O–H groups in total. The molecule has 0 unspecified atom stereocenters. The van der Waals surface area contributed by atoms with Crippen LogP contribution < -0.4 is 4.90 Å². The predicted molar refractivity (Wildman–Crippen MR) is 79.9 cm³/mol. The summed E-state index contributed by atoms with van der Waals surface area (Å²) in [6.07, 6.45) is -4.81. The number of hydrogen-bond acceptors (Lipinski definition) is 9. The van der Waals surface area contributed by atoms with E-state index >= 15 is 0 Å². The van der Waals surface area contributed by atoms with E-state index in [9.17, 15) is 20.4 Å². The molecular weight excluding hydrogens is 306 g/mol. The Morgan fingerprint density at radius 2 is 1.83 bits per heavy atom. The fourth-order valence-corrected chi connectivity index (χ4v) is 2.23. The van der Waals surface area contributed by atoms with Gasteiger partial charge >= 0.3 is 0 Å². The molecule has 0 bridgehead atoms. The number of aryl methyl sites for hydroxylation is 1. The molecule has 0 amide bonds. The Bertz CT molecular complexity index is 651. The number of anilines is 1. The van der Waals surface area contributed by atoms with Gasteiger partial charge in [-0.15, -0.1) is 0 Å². The van der Waals surface area contributed by atoms with Crippen LogP contribution >= 0.6 is 0 Å². The van der Waals surface area contributed by atoms with Gasteiger partial charge in [0.2, 0.25) is 0 Å². The molecule has 0 radical (unpaired) electrons. The highest BCUT2D eigenvalue weighted by atomic mass is 16.4. The first kappa shape index (κ1) is 17.5. The molecule has 4 atom stereocenters. The van der Waals surface area contributed by atoms with Gasteiger partial charge in [0.25, 0.3) is 5.78 Å². The van der Waals surface area contributed by atoms with Gasteiger partial charge in [0.1, 0.15) is 30.5 Å². The van der Waals surface area contributed by atoms with Crippen molar-refractivity contribution >= 4 is 11.6 Å². The van der Waals surface area contributed by atoms with Crippen LogP contribution in [0.2, 0.25) is 0 Å². The summed E-state index contributed by atoms with van der Waals surface area (Å²) in [5.74, 6) is 0.992. The van der Waals surface area contributed by atoms with E-state index in [0.717, 1.165) is 0 Å². The minimum Gasteiger partial charge on any atom is -0.394 e. The monoisotopic (exact) mass is 327 g/mol. The third kappa shape index (κ3) is 3.74. The average Bonchev–Trinajstić information content (AvgIpc) is 2.99. The van der Waals surface area contributed by atoms with Crippen molar-refractivity contribution in [2.24, 2.45) is 0 Å². The first-order chi connectivity index (χ1) is 10.8. The summed E-state index contributed by atoms with van der Waals surface area (Å²) >= 11 is 0. The molecule has 0 aromatic carbocycles. The Hall–Kier alpha value is -1.85. The zero-order valence-electron chi connectivity index (χ0n) is 12.9. The molecule has 2 heterocycles. The standard InChI is InChI=1S/C13H21N5O5/c1-7-3-10(18-13(16-7)14-6-15-18)17(2)4-8(20)11(22)12(23)9(21)5-19/h3,6,8-9,11-12,19-23H,4-5H2,1-2H3/t8-,9+,11-,12-/m0/s1. The number of fused-ring (bicyclic) bond motifs is 1. The minimum atomic E-state index is -1.66. The molecule has 0 aliphatic heterocycles. The number of aliphatic hydroxyl groups excluding tert-OH is 5. The van der Waals surface area contributed by atoms with Gasteiger partial charge in [-0.1, -0.05) is 0 Å². The molecule has 2 rings (SSSR count). The number of likely N-dealkylation sites (N-methyl/N-ethyl adjacent to an activating group) is 1. The van der Waals surface area contributed by atoms with Gasteiger partial charge in [-0.3, -0.25) is 0 Å². The van der Waals surface area contributed by atoms with E-state index in [4.69, 9.17) is 5.11 Å². The van der Waals surface area contributed by atoms with Crippen molar-refractivity contribution in [1.29, 1.82) is 0 Å². The van der Waals surface area contributed by atoms with E-state index in [1.165, 1.54) is 10.8 Å². The second-order valence-corrected chi connectivity index (χ2v) is 5.41. The van der Waals surface area contributed by atoms with Crippen molar-refractivity contribution in [3.8, 4) is 0 Å². The smallest absolute Gasteiger partial charge is 0.254 e. The average molecular weight is 327 g/mol. The van der Waals surface area contributed by atoms with Crippen LogP contribution in [0, 0.1) is 6.92 Å². The summed E-state index contributed by atoms with van der Waals surface area (Å²) in [5, 5.41) is 51.7. The predicted octanol–water partition coefficient (Wildman–Crippen LogP) is -2.70. The highest BCUT2D eigenvalue weighted by molar-refractivity contribution is 5.46. The molecule has 0 saturated carbocycles. The van der Waals surface area contributed by atoms with Crippen molar-refractivity contribution in [3.05, 3.63) is 18.1 Å². The zero-order chi connectivity index (χ0) is 17.1. The number of nitrogens with zero attached hydrogens (tertiary/aromatic N) is 5. The lowest BCUT2D eigenvalue weighted by molar-refractivity contribution is -0.112. The fraction of sp³-hybridized carbons (Fsp3) is 0.615. The first-order valence-electron chi connectivity index (χ1n) is 7.06. The van der Waals surface area contributed by atoms with Crippen LogP contribution in [-0.4, -0.2) is 89.7 Å². The summed E-state index contributed by atoms with van der Waals surface area (Å²) < 4.78 is 1.48. The van der Waals surface area contributed by atoms with Crippen LogP contribution in [0.15, 0.2) is 12.4 Å². The molecule has 10 nitrogen and oxygen atoms in total. The first-order valence-corrected chi connectivity index (χ1v) is 7.06. The van der Waals surface area contributed by atoms with Gasteiger partial charge in [-0.2, -0.15) is 14.6 Å². The normalized spacial score (nSPS) is 17.0. The molecule has 128 valence electrons. The minimum absolute atomic E-state index is 0.0468. The molecule has 0 saturated heterocycles. The number of aromatic nitrogens is 4. The lowest BCUT2D eigenvalue weighted by atomic mass is 10.0. The summed E-state index contributed by atoms with van der Waals surface area (Å²) in [6.45, 7) is 1.03. The second kappa shape index (κ2) is 7.15. The van der Waals surface area contributed by atoms with E-state index in [2.05, 4.69) is 15.1 Å². The maximum absolute atomic E-state index is 10.1. The molecule has 10 heteroatoms. The van der Waals surface area contributed by atoms with Crippen LogP contribution in [0.25, 0.3) is 5.78 Å². The molecule has 23 heavy (non-hydrogen) atoms. The zero-order valence-corrected chi connectivity index (χ0v) is 12.9.